The quantitative estimate of drug-likeness (QED) is 0.155. The molecule has 0 radical (unpaired) electrons. The molecular weight excluding hydrogens is 1090 g/mol. The lowest BCUT2D eigenvalue weighted by atomic mass is 9.86. The first kappa shape index (κ1) is 29.2. The smallest absolute Gasteiger partial charge is 0.143 e. The second kappa shape index (κ2) is 19.8. The summed E-state index contributed by atoms with van der Waals surface area (Å²) in [5.74, 6) is 0. The average molecular weight is 1170 g/mol. The van der Waals surface area contributed by atoms with Gasteiger partial charge in [-0.2, -0.15) is 0 Å². The fourth-order valence-electron chi connectivity index (χ4n) is 12.9. The number of fused-ring (bicyclic) bond motifs is 8. The van der Waals surface area contributed by atoms with E-state index in [0.29, 0.717) is 27.5 Å². The molecule has 2 aromatic heterocycles. The Morgan fingerprint density at radius 3 is 1.12 bits per heavy atom. The molecule has 18 aromatic carbocycles. The van der Waals surface area contributed by atoms with Gasteiger partial charge in [-0.1, -0.05) is 303 Å². The minimum absolute atomic E-state index is 0.0125. The Bertz CT molecular complexity index is 8100. The maximum absolute atomic E-state index is 9.60. The first-order valence-electron chi connectivity index (χ1n) is 43.6. The van der Waals surface area contributed by atoms with Gasteiger partial charge in [0.05, 0.1) is 41.1 Å². The van der Waals surface area contributed by atoms with Crippen molar-refractivity contribution in [2.45, 2.75) is 0 Å². The fraction of sp³-hybridized carbons (Fsp3) is 0. The normalized spacial score (nSPS) is 16.7. The maximum Gasteiger partial charge on any atom is 0.143 e. The molecule has 2 heterocycles. The summed E-state index contributed by atoms with van der Waals surface area (Å²) in [6.45, 7) is 0. The summed E-state index contributed by atoms with van der Waals surface area (Å²) < 4.78 is 281. The maximum atomic E-state index is 9.60. The molecule has 0 saturated heterocycles. The Morgan fingerprint density at radius 2 is 0.578 bits per heavy atom. The van der Waals surface area contributed by atoms with Crippen LogP contribution >= 0.6 is 0 Å². The summed E-state index contributed by atoms with van der Waals surface area (Å²) in [5, 5.41) is 6.01. The second-order valence-electron chi connectivity index (χ2n) is 21.7. The van der Waals surface area contributed by atoms with Crippen LogP contribution in [0, 0.1) is 0 Å². The van der Waals surface area contributed by atoms with Crippen molar-refractivity contribution < 1.29 is 50.0 Å². The van der Waals surface area contributed by atoms with E-state index in [1.807, 2.05) is 72.8 Å². The molecule has 2 heteroatoms. The van der Waals surface area contributed by atoms with Crippen LogP contribution in [-0.2, 0) is 0 Å². The monoisotopic (exact) mass is 1170 g/mol. The lowest BCUT2D eigenvalue weighted by Gasteiger charge is -2.17. The number of benzene rings is 18. The van der Waals surface area contributed by atoms with Crippen molar-refractivity contribution in [1.82, 2.24) is 0 Å². The van der Waals surface area contributed by atoms with Gasteiger partial charge in [-0.05, 0) is 154 Å². The molecule has 0 unspecified atom stereocenters. The number of para-hydroxylation sites is 4. The average Bonchev–Trinajstić information content (AvgIpc) is 0.733. The van der Waals surface area contributed by atoms with Crippen molar-refractivity contribution in [3.63, 3.8) is 0 Å². The molecule has 416 valence electrons. The zero-order valence-electron chi connectivity index (χ0n) is 76.5. The van der Waals surface area contributed by atoms with Crippen molar-refractivity contribution >= 4 is 130 Å². The molecule has 0 aliphatic carbocycles. The third-order valence-electron chi connectivity index (χ3n) is 16.9. The SMILES string of the molecule is [2H]c1c([2H])c(-c2c([2H])c([2H])c([2H])c3c([2H])c([2H])c([2H])c([2H])c23)c([2H])c([2H])c1-c1ccc2ccc3ccc(-c4cccc5c4oc4ccccc45)c4ccc1c2c34.[2H]c1c([2H])c(-c2c([2H])c([2H])c3c([2H])c([2H])c4c([2H])c([2H])c(-c5cccc6c5oc5ccccc56)c5c([2H])c([2H])c2c3c45)c([2H])c([2H])c1-c1c([2H])c([2H])c([2H])c2c([2H])c([2H])c([2H])c([2H])c12. The van der Waals surface area contributed by atoms with E-state index in [1.54, 1.807) is 36.4 Å². The van der Waals surface area contributed by atoms with Gasteiger partial charge in [0.15, 0.2) is 0 Å². The van der Waals surface area contributed by atoms with Gasteiger partial charge in [0.2, 0.25) is 0 Å². The Hall–Kier alpha value is -11.8. The van der Waals surface area contributed by atoms with Crippen LogP contribution in [0.15, 0.2) is 324 Å². The minimum Gasteiger partial charge on any atom is -0.455 e. The Kier molecular flexibility index (Phi) is 6.45. The molecule has 20 rings (SSSR count). The molecule has 0 aliphatic rings. The van der Waals surface area contributed by atoms with E-state index in [2.05, 4.69) is 24.3 Å². The van der Waals surface area contributed by atoms with Gasteiger partial charge in [0.25, 0.3) is 0 Å². The molecule has 0 atom stereocenters. The molecule has 90 heavy (non-hydrogen) atoms. The van der Waals surface area contributed by atoms with Gasteiger partial charge in [0.1, 0.15) is 22.3 Å². The summed E-state index contributed by atoms with van der Waals surface area (Å²) >= 11 is 0. The van der Waals surface area contributed by atoms with Crippen molar-refractivity contribution in [1.29, 1.82) is 0 Å². The van der Waals surface area contributed by atoms with E-state index in [1.165, 1.54) is 0 Å². The zero-order valence-corrected chi connectivity index (χ0v) is 46.5. The fourth-order valence-corrected chi connectivity index (χ4v) is 12.9. The van der Waals surface area contributed by atoms with E-state index in [-0.39, 0.29) is 70.9 Å². The minimum atomic E-state index is -0.896. The lowest BCUT2D eigenvalue weighted by Crippen LogP contribution is -1.90. The summed E-state index contributed by atoms with van der Waals surface area (Å²) in [4.78, 5) is 0. The van der Waals surface area contributed by atoms with Crippen LogP contribution in [0.4, 0.5) is 0 Å². The van der Waals surface area contributed by atoms with Crippen LogP contribution in [0.2, 0.25) is 0 Å². The highest BCUT2D eigenvalue weighted by molar-refractivity contribution is 6.30. The van der Waals surface area contributed by atoms with Crippen molar-refractivity contribution in [3.05, 3.63) is 315 Å². The third-order valence-corrected chi connectivity index (χ3v) is 16.9. The molecule has 0 amide bonds. The van der Waals surface area contributed by atoms with Crippen LogP contribution in [0.25, 0.3) is 197 Å². The number of hydrogen-bond acceptors (Lipinski definition) is 2. The first-order valence-corrected chi connectivity index (χ1v) is 28.6. The molecule has 0 aliphatic heterocycles. The van der Waals surface area contributed by atoms with Gasteiger partial charge in [-0.3, -0.25) is 0 Å². The zero-order chi connectivity index (χ0) is 85.1. The van der Waals surface area contributed by atoms with Gasteiger partial charge < -0.3 is 8.83 Å². The molecule has 0 spiro atoms. The van der Waals surface area contributed by atoms with Crippen LogP contribution in [0.1, 0.15) is 41.1 Å². The standard InChI is InChI=1S/2C44H26O/c2*1-2-9-32-27(7-1)8-5-11-33(32)28-15-17-29(18-16-28)34-23-21-30-19-20-31-22-24-35(38-26-25-37(34)42(30)43(31)38)39-12-6-13-40-36-10-3-4-14-41(36)45-44(39)40/h2*1-26H/i1D,2D,5D,7D,8D,9D,11D,15D,16D,17D,18D,19D,20D,21D,22D,23D,24D,25D,26D;1D,2D,5D,7D,8D,9D,11D,15D,16D,17D,18D. The van der Waals surface area contributed by atoms with Gasteiger partial charge in [0, 0.05) is 32.7 Å². The van der Waals surface area contributed by atoms with E-state index in [0.717, 1.165) is 65.4 Å². The lowest BCUT2D eigenvalue weighted by molar-refractivity contribution is 0.669. The summed E-state index contributed by atoms with van der Waals surface area (Å²) in [6, 6.07) is 22.3. The van der Waals surface area contributed by atoms with Gasteiger partial charge in [-0.15, -0.1) is 0 Å². The summed E-state index contributed by atoms with van der Waals surface area (Å²) in [7, 11) is 0. The van der Waals surface area contributed by atoms with Crippen LogP contribution < -0.4 is 0 Å². The predicted molar refractivity (Wildman–Crippen MR) is 382 cm³/mol. The summed E-state index contributed by atoms with van der Waals surface area (Å²) in [6.07, 6.45) is 0. The van der Waals surface area contributed by atoms with Crippen LogP contribution in [0.5, 0.6) is 0 Å². The number of hydrogen-bond donors (Lipinski definition) is 0. The highest BCUT2D eigenvalue weighted by atomic mass is 16.3. The highest BCUT2D eigenvalue weighted by Gasteiger charge is 2.21. The molecule has 0 N–H and O–H groups in total. The topological polar surface area (TPSA) is 26.3 Å². The molecule has 0 fully saturated rings. The number of furan rings is 2. The Labute approximate surface area is 560 Å². The first-order chi connectivity index (χ1) is 57.2. The van der Waals surface area contributed by atoms with Gasteiger partial charge >= 0.3 is 0 Å². The molecule has 2 nitrogen and oxygen atoms in total. The van der Waals surface area contributed by atoms with Crippen molar-refractivity contribution in [3.8, 4) is 66.8 Å². The third kappa shape index (κ3) is 7.71. The molecule has 0 saturated carbocycles. The van der Waals surface area contributed by atoms with Crippen LogP contribution in [-0.4, -0.2) is 0 Å². The Morgan fingerprint density at radius 1 is 0.189 bits per heavy atom. The van der Waals surface area contributed by atoms with E-state index >= 15 is 0 Å². The van der Waals surface area contributed by atoms with E-state index in [4.69, 9.17) is 30.8 Å². The molecule has 20 aromatic rings. The predicted octanol–water partition coefficient (Wildman–Crippen LogP) is 25.3. The van der Waals surface area contributed by atoms with Crippen molar-refractivity contribution in [2.75, 3.05) is 0 Å². The van der Waals surface area contributed by atoms with E-state index < -0.39 is 214 Å². The van der Waals surface area contributed by atoms with E-state index in [9.17, 15) is 19.2 Å². The second-order valence-corrected chi connectivity index (χ2v) is 21.7. The van der Waals surface area contributed by atoms with Gasteiger partial charge in [-0.25, -0.2) is 0 Å². The van der Waals surface area contributed by atoms with Crippen LogP contribution in [0.3, 0.4) is 0 Å². The molecular formula is C88H52O2. The largest absolute Gasteiger partial charge is 0.455 e. The number of rotatable bonds is 6. The Balaban J connectivity index is 0.000000160. The highest BCUT2D eigenvalue weighted by Crippen LogP contribution is 2.48. The van der Waals surface area contributed by atoms with Crippen molar-refractivity contribution in [2.24, 2.45) is 0 Å². The molecule has 0 bridgehead atoms. The summed E-state index contributed by atoms with van der Waals surface area (Å²) in [5.41, 5.74) is 1.93.